The van der Waals surface area contributed by atoms with E-state index in [9.17, 15) is 9.18 Å². The number of hydrogen-bond donors (Lipinski definition) is 1. The second kappa shape index (κ2) is 10.0. The van der Waals surface area contributed by atoms with Crippen LogP contribution >= 0.6 is 11.8 Å². The van der Waals surface area contributed by atoms with Gasteiger partial charge in [-0.2, -0.15) is 11.8 Å². The van der Waals surface area contributed by atoms with E-state index in [1.807, 2.05) is 11.0 Å². The molecule has 1 aromatic carbocycles. The monoisotopic (exact) mass is 353 g/mol. The van der Waals surface area contributed by atoms with Crippen LogP contribution in [0.25, 0.3) is 0 Å². The molecule has 1 unspecified atom stereocenters. The van der Waals surface area contributed by atoms with E-state index in [1.54, 1.807) is 17.8 Å². The van der Waals surface area contributed by atoms with Gasteiger partial charge in [-0.15, -0.1) is 0 Å². The quantitative estimate of drug-likeness (QED) is 0.728. The van der Waals surface area contributed by atoms with Gasteiger partial charge in [-0.05, 0) is 30.8 Å². The van der Waals surface area contributed by atoms with E-state index < -0.39 is 0 Å². The maximum Gasteiger partial charge on any atom is 0.233 e. The van der Waals surface area contributed by atoms with Gasteiger partial charge in [0.1, 0.15) is 5.82 Å². The average molecular weight is 354 g/mol. The highest BCUT2D eigenvalue weighted by molar-refractivity contribution is 7.99. The number of carbonyl (C=O) groups is 1. The molecule has 1 aliphatic rings. The Kier molecular flexibility index (Phi) is 8.02. The summed E-state index contributed by atoms with van der Waals surface area (Å²) in [6.07, 6.45) is 0. The molecule has 6 heteroatoms. The number of nitrogens with one attached hydrogen (secondary N) is 1. The predicted octanol–water partition coefficient (Wildman–Crippen LogP) is 2.37. The van der Waals surface area contributed by atoms with Crippen molar-refractivity contribution in [3.8, 4) is 0 Å². The summed E-state index contributed by atoms with van der Waals surface area (Å²) >= 11 is 1.69. The highest BCUT2D eigenvalue weighted by atomic mass is 32.2. The topological polar surface area (TPSA) is 35.6 Å². The fourth-order valence-corrected chi connectivity index (χ4v) is 3.86. The molecule has 0 saturated carbocycles. The van der Waals surface area contributed by atoms with E-state index >= 15 is 0 Å². The molecule has 0 aliphatic carbocycles. The van der Waals surface area contributed by atoms with Crippen LogP contribution < -0.4 is 5.32 Å². The molecule has 24 heavy (non-hydrogen) atoms. The van der Waals surface area contributed by atoms with Gasteiger partial charge >= 0.3 is 0 Å². The number of rotatable bonds is 8. The summed E-state index contributed by atoms with van der Waals surface area (Å²) in [7, 11) is 0. The molecule has 0 bridgehead atoms. The van der Waals surface area contributed by atoms with Crippen LogP contribution in [0.2, 0.25) is 0 Å². The summed E-state index contributed by atoms with van der Waals surface area (Å²) in [6.45, 7) is 9.57. The Morgan fingerprint density at radius 2 is 2.21 bits per heavy atom. The summed E-state index contributed by atoms with van der Waals surface area (Å²) in [5, 5.41) is 3.31. The van der Waals surface area contributed by atoms with E-state index in [0.717, 1.165) is 37.5 Å². The van der Waals surface area contributed by atoms with Crippen molar-refractivity contribution in [2.75, 3.05) is 50.8 Å². The predicted molar refractivity (Wildman–Crippen MR) is 98.8 cm³/mol. The van der Waals surface area contributed by atoms with Crippen molar-refractivity contribution in [2.45, 2.75) is 19.9 Å². The third-order valence-corrected chi connectivity index (χ3v) is 5.39. The number of carbonyl (C=O) groups excluding carboxylic acids is 1. The Balaban J connectivity index is 1.89. The molecule has 1 atom stereocenters. The third-order valence-electron chi connectivity index (χ3n) is 4.47. The summed E-state index contributed by atoms with van der Waals surface area (Å²) in [5.74, 6) is 1.35. The Morgan fingerprint density at radius 1 is 1.42 bits per heavy atom. The van der Waals surface area contributed by atoms with Crippen molar-refractivity contribution < 1.29 is 9.18 Å². The summed E-state index contributed by atoms with van der Waals surface area (Å²) in [5.41, 5.74) is 0.865. The number of hydrogen-bond acceptors (Lipinski definition) is 4. The van der Waals surface area contributed by atoms with E-state index in [4.69, 9.17) is 0 Å². The Morgan fingerprint density at radius 3 is 2.92 bits per heavy atom. The van der Waals surface area contributed by atoms with Crippen LogP contribution in [0.1, 0.15) is 25.5 Å². The molecule has 0 spiro atoms. The minimum atomic E-state index is -0.251. The van der Waals surface area contributed by atoms with Gasteiger partial charge in [0.15, 0.2) is 0 Å². The van der Waals surface area contributed by atoms with Gasteiger partial charge in [-0.3, -0.25) is 4.79 Å². The van der Waals surface area contributed by atoms with E-state index in [0.29, 0.717) is 18.8 Å². The van der Waals surface area contributed by atoms with Gasteiger partial charge < -0.3 is 15.1 Å². The first kappa shape index (κ1) is 19.2. The fraction of sp³-hybridized carbons (Fsp3) is 0.611. The van der Waals surface area contributed by atoms with Crippen molar-refractivity contribution in [1.29, 1.82) is 0 Å². The van der Waals surface area contributed by atoms with E-state index in [-0.39, 0.29) is 17.8 Å². The van der Waals surface area contributed by atoms with Gasteiger partial charge in [0, 0.05) is 31.9 Å². The lowest BCUT2D eigenvalue weighted by molar-refractivity contribution is -0.131. The molecule has 1 fully saturated rings. The van der Waals surface area contributed by atoms with Crippen LogP contribution in [0, 0.1) is 5.82 Å². The largest absolute Gasteiger partial charge is 0.332 e. The zero-order valence-corrected chi connectivity index (χ0v) is 15.4. The Hall–Kier alpha value is -1.11. The molecule has 1 aromatic rings. The standard InChI is InChI=1S/C18H28FN3OS/c1-3-21(4-2)10-11-24-14-18(23)22-9-8-20-13-17(22)15-6-5-7-16(19)12-15/h5-7,12,17,20H,3-4,8-11,13-14H2,1-2H3. The molecule has 4 nitrogen and oxygen atoms in total. The molecule has 1 aliphatic heterocycles. The second-order valence-corrected chi connectivity index (χ2v) is 7.05. The van der Waals surface area contributed by atoms with Gasteiger partial charge in [0.05, 0.1) is 11.8 Å². The van der Waals surface area contributed by atoms with Crippen LogP contribution in [0.3, 0.4) is 0 Å². The SMILES string of the molecule is CCN(CC)CCSCC(=O)N1CCNCC1c1cccc(F)c1. The molecule has 0 radical (unpaired) electrons. The lowest BCUT2D eigenvalue weighted by Crippen LogP contribution is -2.49. The van der Waals surface area contributed by atoms with Crippen LogP contribution in [0.5, 0.6) is 0 Å². The van der Waals surface area contributed by atoms with Crippen LogP contribution in [-0.2, 0) is 4.79 Å². The molecule has 134 valence electrons. The summed E-state index contributed by atoms with van der Waals surface area (Å²) < 4.78 is 13.5. The summed E-state index contributed by atoms with van der Waals surface area (Å²) in [4.78, 5) is 16.9. The molecule has 1 amide bonds. The van der Waals surface area contributed by atoms with Crippen molar-refractivity contribution in [1.82, 2.24) is 15.1 Å². The molecule has 1 saturated heterocycles. The number of thioether (sulfide) groups is 1. The summed E-state index contributed by atoms with van der Waals surface area (Å²) in [6, 6.07) is 6.50. The van der Waals surface area contributed by atoms with Gasteiger partial charge in [0.25, 0.3) is 0 Å². The highest BCUT2D eigenvalue weighted by Crippen LogP contribution is 2.23. The molecule has 1 N–H and O–H groups in total. The van der Waals surface area contributed by atoms with Gasteiger partial charge in [-0.1, -0.05) is 26.0 Å². The number of nitrogens with zero attached hydrogens (tertiary/aromatic N) is 2. The lowest BCUT2D eigenvalue weighted by atomic mass is 10.0. The molecular formula is C18H28FN3OS. The molecule has 2 rings (SSSR count). The molecular weight excluding hydrogens is 325 g/mol. The van der Waals surface area contributed by atoms with Gasteiger partial charge in [-0.25, -0.2) is 4.39 Å². The van der Waals surface area contributed by atoms with Crippen molar-refractivity contribution >= 4 is 17.7 Å². The smallest absolute Gasteiger partial charge is 0.233 e. The van der Waals surface area contributed by atoms with Gasteiger partial charge in [0.2, 0.25) is 5.91 Å². The number of halogens is 1. The molecule has 0 aromatic heterocycles. The Labute approximate surface area is 148 Å². The first-order chi connectivity index (χ1) is 11.7. The minimum absolute atomic E-state index is 0.0784. The van der Waals surface area contributed by atoms with Crippen molar-refractivity contribution in [3.63, 3.8) is 0 Å². The van der Waals surface area contributed by atoms with Crippen molar-refractivity contribution in [3.05, 3.63) is 35.6 Å². The second-order valence-electron chi connectivity index (χ2n) is 5.94. The Bertz CT molecular complexity index is 525. The first-order valence-electron chi connectivity index (χ1n) is 8.71. The number of piperazine rings is 1. The van der Waals surface area contributed by atoms with Crippen molar-refractivity contribution in [2.24, 2.45) is 0 Å². The van der Waals surface area contributed by atoms with E-state index in [1.165, 1.54) is 12.1 Å². The molecule has 1 heterocycles. The third kappa shape index (κ3) is 5.46. The normalized spacial score (nSPS) is 18.2. The zero-order chi connectivity index (χ0) is 17.4. The van der Waals surface area contributed by atoms with E-state index in [2.05, 4.69) is 24.1 Å². The minimum Gasteiger partial charge on any atom is -0.332 e. The fourth-order valence-electron chi connectivity index (χ4n) is 2.99. The zero-order valence-electron chi connectivity index (χ0n) is 14.6. The first-order valence-corrected chi connectivity index (χ1v) is 9.87. The maximum atomic E-state index is 13.5. The van der Waals surface area contributed by atoms with Crippen LogP contribution in [0.4, 0.5) is 4.39 Å². The maximum absolute atomic E-state index is 13.5. The van der Waals surface area contributed by atoms with Crippen LogP contribution in [0.15, 0.2) is 24.3 Å². The average Bonchev–Trinajstić information content (AvgIpc) is 2.61. The van der Waals surface area contributed by atoms with Crippen LogP contribution in [-0.4, -0.2) is 66.5 Å². The number of benzene rings is 1. The number of amides is 1. The highest BCUT2D eigenvalue weighted by Gasteiger charge is 2.27. The lowest BCUT2D eigenvalue weighted by Gasteiger charge is -2.36.